The summed E-state index contributed by atoms with van der Waals surface area (Å²) in [5, 5.41) is 5.01. The number of hydrogen-bond donors (Lipinski definition) is 3. The molecule has 124 valence electrons. The zero-order valence-electron chi connectivity index (χ0n) is 13.2. The van der Waals surface area contributed by atoms with E-state index in [2.05, 4.69) is 17.6 Å². The molecule has 0 bridgehead atoms. The van der Waals surface area contributed by atoms with Crippen LogP contribution in [0.3, 0.4) is 0 Å². The van der Waals surface area contributed by atoms with Gasteiger partial charge in [0.05, 0.1) is 13.1 Å². The average Bonchev–Trinajstić information content (AvgIpc) is 2.94. The molecule has 1 aromatic carbocycles. The maximum Gasteiger partial charge on any atom is 0.326 e. The number of piperidine rings is 1. The van der Waals surface area contributed by atoms with E-state index in [0.717, 1.165) is 19.5 Å². The lowest BCUT2D eigenvalue weighted by atomic mass is 10.0. The van der Waals surface area contributed by atoms with Crippen LogP contribution in [0, 0.1) is 5.92 Å². The van der Waals surface area contributed by atoms with Crippen molar-refractivity contribution in [3.8, 4) is 11.5 Å². The van der Waals surface area contributed by atoms with Gasteiger partial charge in [0, 0.05) is 17.7 Å². The Morgan fingerprint density at radius 2 is 2.13 bits per heavy atom. The first-order valence-electron chi connectivity index (χ1n) is 7.94. The molecule has 0 aliphatic carbocycles. The van der Waals surface area contributed by atoms with Gasteiger partial charge >= 0.3 is 6.03 Å². The van der Waals surface area contributed by atoms with Crippen LogP contribution >= 0.6 is 0 Å². The lowest BCUT2D eigenvalue weighted by Crippen LogP contribution is -3.14. The molecule has 2 heterocycles. The fraction of sp³-hybridized carbons (Fsp3) is 0.500. The van der Waals surface area contributed by atoms with Gasteiger partial charge in [0.25, 0.3) is 5.91 Å². The Kier molecular flexibility index (Phi) is 4.66. The first-order valence-corrected chi connectivity index (χ1v) is 7.94. The number of imide groups is 1. The van der Waals surface area contributed by atoms with E-state index in [1.54, 1.807) is 18.2 Å². The largest absolute Gasteiger partial charge is 0.454 e. The lowest BCUT2D eigenvalue weighted by Gasteiger charge is -2.27. The van der Waals surface area contributed by atoms with Gasteiger partial charge in [0.15, 0.2) is 18.0 Å². The number of rotatable bonds is 3. The van der Waals surface area contributed by atoms with Crippen LogP contribution in [0.5, 0.6) is 11.5 Å². The highest BCUT2D eigenvalue weighted by Gasteiger charge is 2.23. The van der Waals surface area contributed by atoms with Gasteiger partial charge in [-0.2, -0.15) is 0 Å². The van der Waals surface area contributed by atoms with Crippen molar-refractivity contribution >= 4 is 17.6 Å². The number of quaternary nitrogens is 1. The van der Waals surface area contributed by atoms with Crippen LogP contribution in [0.1, 0.15) is 19.8 Å². The quantitative estimate of drug-likeness (QED) is 0.752. The minimum absolute atomic E-state index is 0.181. The molecule has 1 unspecified atom stereocenters. The van der Waals surface area contributed by atoms with Gasteiger partial charge in [0.2, 0.25) is 6.79 Å². The number of benzene rings is 1. The van der Waals surface area contributed by atoms with Crippen LogP contribution in [-0.4, -0.2) is 38.4 Å². The van der Waals surface area contributed by atoms with Crippen LogP contribution in [0.25, 0.3) is 0 Å². The van der Waals surface area contributed by atoms with Crippen molar-refractivity contribution in [3.63, 3.8) is 0 Å². The van der Waals surface area contributed by atoms with E-state index >= 15 is 0 Å². The predicted molar refractivity (Wildman–Crippen MR) is 83.7 cm³/mol. The maximum absolute atomic E-state index is 12.0. The summed E-state index contributed by atoms with van der Waals surface area (Å²) in [6, 6.07) is 4.57. The van der Waals surface area contributed by atoms with Crippen molar-refractivity contribution < 1.29 is 24.0 Å². The SMILES string of the molecule is C[C@@H]1CCC[NH+](CC(=O)NC(=O)Nc2ccc3c(c2)OCO3)C1. The molecule has 0 saturated carbocycles. The topological polar surface area (TPSA) is 81.1 Å². The van der Waals surface area contributed by atoms with Crippen molar-refractivity contribution in [3.05, 3.63) is 18.2 Å². The highest BCUT2D eigenvalue weighted by Crippen LogP contribution is 2.34. The summed E-state index contributed by atoms with van der Waals surface area (Å²) in [4.78, 5) is 25.1. The summed E-state index contributed by atoms with van der Waals surface area (Å²) in [6.45, 7) is 4.68. The van der Waals surface area contributed by atoms with Crippen LogP contribution in [-0.2, 0) is 4.79 Å². The second-order valence-electron chi connectivity index (χ2n) is 6.20. The Morgan fingerprint density at radius 3 is 2.96 bits per heavy atom. The van der Waals surface area contributed by atoms with E-state index in [4.69, 9.17) is 9.47 Å². The molecule has 3 amide bonds. The highest BCUT2D eigenvalue weighted by atomic mass is 16.7. The molecule has 1 fully saturated rings. The molecule has 1 saturated heterocycles. The van der Waals surface area contributed by atoms with Gasteiger partial charge in [-0.1, -0.05) is 6.92 Å². The Hall–Kier alpha value is -2.28. The van der Waals surface area contributed by atoms with Gasteiger partial charge < -0.3 is 19.7 Å². The van der Waals surface area contributed by atoms with Crippen molar-refractivity contribution in [2.24, 2.45) is 5.92 Å². The Labute approximate surface area is 134 Å². The lowest BCUT2D eigenvalue weighted by molar-refractivity contribution is -0.900. The monoisotopic (exact) mass is 320 g/mol. The molecule has 3 rings (SSSR count). The maximum atomic E-state index is 12.0. The average molecular weight is 320 g/mol. The van der Waals surface area contributed by atoms with Crippen molar-refractivity contribution in [2.45, 2.75) is 19.8 Å². The van der Waals surface area contributed by atoms with Gasteiger partial charge in [-0.3, -0.25) is 10.1 Å². The Morgan fingerprint density at radius 1 is 1.30 bits per heavy atom. The third-order valence-corrected chi connectivity index (χ3v) is 4.16. The molecule has 2 aliphatic heterocycles. The number of anilines is 1. The smallest absolute Gasteiger partial charge is 0.326 e. The molecular weight excluding hydrogens is 298 g/mol. The van der Waals surface area contributed by atoms with E-state index in [0.29, 0.717) is 29.6 Å². The number of carbonyl (C=O) groups excluding carboxylic acids is 2. The number of hydrogen-bond acceptors (Lipinski definition) is 4. The first kappa shape index (κ1) is 15.6. The fourth-order valence-electron chi connectivity index (χ4n) is 3.09. The number of fused-ring (bicyclic) bond motifs is 1. The summed E-state index contributed by atoms with van der Waals surface area (Å²) in [5.41, 5.74) is 0.554. The predicted octanol–water partition coefficient (Wildman–Crippen LogP) is 0.378. The second-order valence-corrected chi connectivity index (χ2v) is 6.20. The third-order valence-electron chi connectivity index (χ3n) is 4.16. The zero-order chi connectivity index (χ0) is 16.2. The van der Waals surface area contributed by atoms with Crippen molar-refractivity contribution in [2.75, 3.05) is 31.7 Å². The number of likely N-dealkylation sites (tertiary alicyclic amines) is 1. The highest BCUT2D eigenvalue weighted by molar-refractivity contribution is 6.01. The number of nitrogens with one attached hydrogen (secondary N) is 3. The molecule has 7 heteroatoms. The Bertz CT molecular complexity index is 605. The van der Waals surface area contributed by atoms with E-state index in [-0.39, 0.29) is 12.7 Å². The van der Waals surface area contributed by atoms with E-state index in [1.807, 2.05) is 0 Å². The van der Waals surface area contributed by atoms with Gasteiger partial charge in [-0.25, -0.2) is 4.79 Å². The van der Waals surface area contributed by atoms with Crippen LogP contribution in [0.4, 0.5) is 10.5 Å². The van der Waals surface area contributed by atoms with Crippen LogP contribution in [0.15, 0.2) is 18.2 Å². The van der Waals surface area contributed by atoms with Crippen LogP contribution < -0.4 is 25.0 Å². The van der Waals surface area contributed by atoms with Gasteiger partial charge in [-0.05, 0) is 25.0 Å². The summed E-state index contributed by atoms with van der Waals surface area (Å²) in [5.74, 6) is 1.61. The number of carbonyl (C=O) groups is 2. The molecule has 1 aromatic rings. The van der Waals surface area contributed by atoms with Crippen molar-refractivity contribution in [1.82, 2.24) is 5.32 Å². The number of amides is 3. The molecule has 23 heavy (non-hydrogen) atoms. The molecule has 7 nitrogen and oxygen atoms in total. The van der Waals surface area contributed by atoms with E-state index in [9.17, 15) is 9.59 Å². The normalized spacial score (nSPS) is 22.5. The Balaban J connectivity index is 1.48. The van der Waals surface area contributed by atoms with Crippen LogP contribution in [0.2, 0.25) is 0 Å². The summed E-state index contributed by atoms with van der Waals surface area (Å²) in [7, 11) is 0. The second kappa shape index (κ2) is 6.87. The summed E-state index contributed by atoms with van der Waals surface area (Å²) >= 11 is 0. The van der Waals surface area contributed by atoms with Gasteiger partial charge in [0.1, 0.15) is 0 Å². The number of ether oxygens (including phenoxy) is 2. The van der Waals surface area contributed by atoms with Crippen molar-refractivity contribution in [1.29, 1.82) is 0 Å². The standard InChI is InChI=1S/C16H21N3O4/c1-11-3-2-6-19(8-11)9-15(20)18-16(21)17-12-4-5-13-14(7-12)23-10-22-13/h4-5,7,11H,2-3,6,8-10H2,1H3,(H2,17,18,20,21)/p+1/t11-/m1/s1. The first-order chi connectivity index (χ1) is 11.1. The minimum atomic E-state index is -0.529. The molecule has 0 radical (unpaired) electrons. The van der Waals surface area contributed by atoms with Gasteiger partial charge in [-0.15, -0.1) is 0 Å². The third kappa shape index (κ3) is 4.13. The van der Waals surface area contributed by atoms with E-state index in [1.165, 1.54) is 11.3 Å². The van der Waals surface area contributed by atoms with E-state index < -0.39 is 6.03 Å². The zero-order valence-corrected chi connectivity index (χ0v) is 13.2. The molecule has 2 atom stereocenters. The summed E-state index contributed by atoms with van der Waals surface area (Å²) < 4.78 is 10.5. The minimum Gasteiger partial charge on any atom is -0.454 e. The number of urea groups is 1. The molecular formula is C16H22N3O4+. The summed E-state index contributed by atoms with van der Waals surface area (Å²) in [6.07, 6.45) is 2.35. The molecule has 0 aromatic heterocycles. The molecule has 2 aliphatic rings. The molecule has 3 N–H and O–H groups in total. The molecule has 0 spiro atoms. The fourth-order valence-corrected chi connectivity index (χ4v) is 3.09.